The summed E-state index contributed by atoms with van der Waals surface area (Å²) in [6.45, 7) is 1.52. The Balaban J connectivity index is 2.05. The van der Waals surface area contributed by atoms with Gasteiger partial charge in [-0.15, -0.1) is 0 Å². The summed E-state index contributed by atoms with van der Waals surface area (Å²) in [4.78, 5) is 28.8. The van der Waals surface area contributed by atoms with E-state index in [2.05, 4.69) is 15.2 Å². The van der Waals surface area contributed by atoms with Crippen LogP contribution in [0.5, 0.6) is 0 Å². The van der Waals surface area contributed by atoms with Crippen molar-refractivity contribution in [3.8, 4) is 0 Å². The fourth-order valence-electron chi connectivity index (χ4n) is 2.32. The van der Waals surface area contributed by atoms with E-state index in [-0.39, 0.29) is 11.8 Å². The highest BCUT2D eigenvalue weighted by Crippen LogP contribution is 2.23. The first-order valence-electron chi connectivity index (χ1n) is 6.13. The van der Waals surface area contributed by atoms with Gasteiger partial charge < -0.3 is 10.2 Å². The van der Waals surface area contributed by atoms with Crippen molar-refractivity contribution in [2.24, 2.45) is 5.92 Å². The summed E-state index contributed by atoms with van der Waals surface area (Å²) in [6.07, 6.45) is 4.11. The third kappa shape index (κ3) is 2.50. The maximum atomic E-state index is 11.5. The molecule has 0 bridgehead atoms. The molecule has 1 saturated heterocycles. The summed E-state index contributed by atoms with van der Waals surface area (Å²) >= 11 is 0. The van der Waals surface area contributed by atoms with Gasteiger partial charge in [0, 0.05) is 32.3 Å². The Morgan fingerprint density at radius 2 is 2.22 bits per heavy atom. The molecule has 0 spiro atoms. The van der Waals surface area contributed by atoms with Crippen LogP contribution in [0, 0.1) is 5.92 Å². The van der Waals surface area contributed by atoms with Crippen LogP contribution in [0.25, 0.3) is 0 Å². The lowest BCUT2D eigenvalue weighted by atomic mass is 9.96. The summed E-state index contributed by atoms with van der Waals surface area (Å²) in [7, 11) is 1.66. The second-order valence-electron chi connectivity index (χ2n) is 4.41. The van der Waals surface area contributed by atoms with Crippen LogP contribution in [0.15, 0.2) is 18.3 Å². The zero-order valence-electron chi connectivity index (χ0n) is 10.4. The van der Waals surface area contributed by atoms with Gasteiger partial charge in [0.25, 0.3) is 0 Å². The van der Waals surface area contributed by atoms with E-state index in [1.807, 2.05) is 0 Å². The monoisotopic (exact) mass is 247 g/mol. The van der Waals surface area contributed by atoms with Crippen LogP contribution < -0.4 is 10.2 Å². The molecule has 1 aliphatic rings. The molecule has 0 aliphatic carbocycles. The third-order valence-corrected chi connectivity index (χ3v) is 3.36. The van der Waals surface area contributed by atoms with E-state index in [0.717, 1.165) is 38.0 Å². The Morgan fingerprint density at radius 3 is 2.83 bits per heavy atom. The molecule has 0 aromatic carbocycles. The topological polar surface area (TPSA) is 62.3 Å². The average molecular weight is 247 g/mol. The second-order valence-corrected chi connectivity index (χ2v) is 4.41. The summed E-state index contributed by atoms with van der Waals surface area (Å²) in [6, 6.07) is 3.52. The number of rotatable bonds is 3. The lowest BCUT2D eigenvalue weighted by molar-refractivity contribution is -0.125. The highest BCUT2D eigenvalue weighted by molar-refractivity contribution is 5.83. The van der Waals surface area contributed by atoms with Crippen LogP contribution in [-0.2, 0) is 4.79 Å². The first-order chi connectivity index (χ1) is 8.76. The van der Waals surface area contributed by atoms with Crippen LogP contribution in [0.3, 0.4) is 0 Å². The Morgan fingerprint density at radius 1 is 1.50 bits per heavy atom. The summed E-state index contributed by atoms with van der Waals surface area (Å²) in [5, 5.41) is 2.68. The zero-order valence-corrected chi connectivity index (χ0v) is 10.4. The number of piperidine rings is 1. The molecule has 1 aromatic rings. The van der Waals surface area contributed by atoms with Crippen molar-refractivity contribution in [1.29, 1.82) is 0 Å². The Kier molecular flexibility index (Phi) is 3.92. The molecule has 0 saturated carbocycles. The molecule has 1 fully saturated rings. The van der Waals surface area contributed by atoms with Gasteiger partial charge in [0.2, 0.25) is 5.91 Å². The molecule has 18 heavy (non-hydrogen) atoms. The van der Waals surface area contributed by atoms with Crippen LogP contribution in [0.2, 0.25) is 0 Å². The van der Waals surface area contributed by atoms with Crippen molar-refractivity contribution < 1.29 is 9.59 Å². The molecule has 2 rings (SSSR count). The van der Waals surface area contributed by atoms with E-state index < -0.39 is 0 Å². The molecule has 0 radical (unpaired) electrons. The fourth-order valence-corrected chi connectivity index (χ4v) is 2.32. The Labute approximate surface area is 106 Å². The van der Waals surface area contributed by atoms with Crippen molar-refractivity contribution in [2.45, 2.75) is 12.8 Å². The van der Waals surface area contributed by atoms with Gasteiger partial charge in [-0.25, -0.2) is 4.98 Å². The number of nitrogens with zero attached hydrogens (tertiary/aromatic N) is 2. The van der Waals surface area contributed by atoms with Gasteiger partial charge in [0.1, 0.15) is 5.82 Å². The number of aromatic nitrogens is 1. The molecule has 0 atom stereocenters. The number of pyridine rings is 1. The summed E-state index contributed by atoms with van der Waals surface area (Å²) < 4.78 is 0. The van der Waals surface area contributed by atoms with Crippen LogP contribution in [0.1, 0.15) is 23.2 Å². The van der Waals surface area contributed by atoms with E-state index in [9.17, 15) is 9.59 Å². The van der Waals surface area contributed by atoms with E-state index in [1.54, 1.807) is 25.4 Å². The molecule has 96 valence electrons. The SMILES string of the molecule is CNC(=O)C1CCN(c2ncccc2C=O)CC1. The number of aldehydes is 1. The number of nitrogens with one attached hydrogen (secondary N) is 1. The van der Waals surface area contributed by atoms with Crippen molar-refractivity contribution in [3.05, 3.63) is 23.9 Å². The molecule has 5 nitrogen and oxygen atoms in total. The van der Waals surface area contributed by atoms with Crippen LogP contribution in [0.4, 0.5) is 5.82 Å². The summed E-state index contributed by atoms with van der Waals surface area (Å²) in [5.41, 5.74) is 0.607. The van der Waals surface area contributed by atoms with Crippen molar-refractivity contribution in [3.63, 3.8) is 0 Å². The average Bonchev–Trinajstić information content (AvgIpc) is 2.46. The second kappa shape index (κ2) is 5.62. The van der Waals surface area contributed by atoms with E-state index >= 15 is 0 Å². The van der Waals surface area contributed by atoms with Crippen molar-refractivity contribution in [1.82, 2.24) is 10.3 Å². The molecule has 1 N–H and O–H groups in total. The number of amides is 1. The first-order valence-corrected chi connectivity index (χ1v) is 6.13. The normalized spacial score (nSPS) is 16.4. The molecule has 1 amide bonds. The standard InChI is InChI=1S/C13H17N3O2/c1-14-13(18)10-4-7-16(8-5-10)12-11(9-17)3-2-6-15-12/h2-3,6,9-10H,4-5,7-8H2,1H3,(H,14,18). The molecule has 1 aromatic heterocycles. The number of hydrogen-bond donors (Lipinski definition) is 1. The van der Waals surface area contributed by atoms with Crippen LogP contribution >= 0.6 is 0 Å². The first kappa shape index (κ1) is 12.5. The zero-order chi connectivity index (χ0) is 13.0. The largest absolute Gasteiger partial charge is 0.359 e. The molecule has 1 aliphatic heterocycles. The predicted octanol–water partition coefficient (Wildman–Crippen LogP) is 0.856. The Bertz CT molecular complexity index is 440. The highest BCUT2D eigenvalue weighted by Gasteiger charge is 2.25. The Hall–Kier alpha value is -1.91. The smallest absolute Gasteiger partial charge is 0.222 e. The molecule has 2 heterocycles. The van der Waals surface area contributed by atoms with Gasteiger partial charge in [-0.1, -0.05) is 0 Å². The minimum absolute atomic E-state index is 0.0784. The molecular formula is C13H17N3O2. The third-order valence-electron chi connectivity index (χ3n) is 3.36. The van der Waals surface area contributed by atoms with Gasteiger partial charge in [0.05, 0.1) is 5.56 Å². The van der Waals surface area contributed by atoms with Crippen molar-refractivity contribution >= 4 is 18.0 Å². The fraction of sp³-hybridized carbons (Fsp3) is 0.462. The minimum Gasteiger partial charge on any atom is -0.359 e. The molecule has 5 heteroatoms. The maximum absolute atomic E-state index is 11.5. The highest BCUT2D eigenvalue weighted by atomic mass is 16.1. The lowest BCUT2D eigenvalue weighted by Gasteiger charge is -2.32. The van der Waals surface area contributed by atoms with Crippen molar-refractivity contribution in [2.75, 3.05) is 25.0 Å². The number of anilines is 1. The predicted molar refractivity (Wildman–Crippen MR) is 68.6 cm³/mol. The van der Waals surface area contributed by atoms with E-state index in [1.165, 1.54) is 0 Å². The summed E-state index contributed by atoms with van der Waals surface area (Å²) in [5.74, 6) is 0.906. The minimum atomic E-state index is 0.0784. The van der Waals surface area contributed by atoms with Gasteiger partial charge >= 0.3 is 0 Å². The van der Waals surface area contributed by atoms with E-state index in [4.69, 9.17) is 0 Å². The maximum Gasteiger partial charge on any atom is 0.222 e. The number of carbonyl (C=O) groups excluding carboxylic acids is 2. The molecular weight excluding hydrogens is 230 g/mol. The van der Waals surface area contributed by atoms with Gasteiger partial charge in [-0.2, -0.15) is 0 Å². The number of carbonyl (C=O) groups is 2. The quantitative estimate of drug-likeness (QED) is 0.805. The number of hydrogen-bond acceptors (Lipinski definition) is 4. The van der Waals surface area contributed by atoms with Gasteiger partial charge in [-0.3, -0.25) is 9.59 Å². The van der Waals surface area contributed by atoms with Gasteiger partial charge in [0.15, 0.2) is 6.29 Å². The van der Waals surface area contributed by atoms with E-state index in [0.29, 0.717) is 5.56 Å². The lowest BCUT2D eigenvalue weighted by Crippen LogP contribution is -2.40. The molecule has 0 unspecified atom stereocenters. The van der Waals surface area contributed by atoms with Gasteiger partial charge in [-0.05, 0) is 25.0 Å². The van der Waals surface area contributed by atoms with Crippen LogP contribution in [-0.4, -0.2) is 37.3 Å².